The summed E-state index contributed by atoms with van der Waals surface area (Å²) in [4.78, 5) is 26.5. The zero-order chi connectivity index (χ0) is 41.2. The Labute approximate surface area is 359 Å². The molecule has 0 saturated carbocycles. The number of benzene rings is 8. The zero-order valence-electron chi connectivity index (χ0n) is 33.6. The van der Waals surface area contributed by atoms with Crippen molar-refractivity contribution in [1.29, 1.82) is 0 Å². The van der Waals surface area contributed by atoms with E-state index in [0.717, 1.165) is 94.8 Å². The van der Waals surface area contributed by atoms with Crippen molar-refractivity contribution in [1.82, 2.24) is 24.9 Å². The molecule has 0 saturated heterocycles. The molecule has 290 valence electrons. The van der Waals surface area contributed by atoms with Crippen molar-refractivity contribution < 1.29 is 0 Å². The highest BCUT2D eigenvalue weighted by Crippen LogP contribution is 2.39. The minimum Gasteiger partial charge on any atom is -0.248 e. The molecule has 5 nitrogen and oxygen atoms in total. The number of rotatable bonds is 8. The lowest BCUT2D eigenvalue weighted by atomic mass is 9.93. The molecule has 8 aromatic carbocycles. The van der Waals surface area contributed by atoms with Gasteiger partial charge in [-0.2, -0.15) is 0 Å². The van der Waals surface area contributed by atoms with Gasteiger partial charge < -0.3 is 0 Å². The first kappa shape index (κ1) is 36.7. The molecule has 0 aliphatic rings. The lowest BCUT2D eigenvalue weighted by Crippen LogP contribution is -1.99. The van der Waals surface area contributed by atoms with Gasteiger partial charge in [0.2, 0.25) is 0 Å². The molecule has 0 spiro atoms. The van der Waals surface area contributed by atoms with E-state index in [9.17, 15) is 0 Å². The third-order valence-electron chi connectivity index (χ3n) is 11.3. The van der Waals surface area contributed by atoms with Gasteiger partial charge in [0.25, 0.3) is 0 Å². The highest BCUT2D eigenvalue weighted by Gasteiger charge is 2.19. The first-order valence-electron chi connectivity index (χ1n) is 20.7. The van der Waals surface area contributed by atoms with Crippen molar-refractivity contribution in [2.45, 2.75) is 0 Å². The van der Waals surface area contributed by atoms with Gasteiger partial charge in [0.05, 0.1) is 34.0 Å². The topological polar surface area (TPSA) is 64.5 Å². The highest BCUT2D eigenvalue weighted by atomic mass is 14.9. The second kappa shape index (κ2) is 16.0. The van der Waals surface area contributed by atoms with Crippen LogP contribution in [0.1, 0.15) is 0 Å². The number of pyridine rings is 1. The van der Waals surface area contributed by atoms with Crippen LogP contribution < -0.4 is 0 Å². The van der Waals surface area contributed by atoms with Gasteiger partial charge in [-0.05, 0) is 64.4 Å². The molecule has 0 aliphatic carbocycles. The Morgan fingerprint density at radius 3 is 1.06 bits per heavy atom. The Balaban J connectivity index is 1.19. The fourth-order valence-electron chi connectivity index (χ4n) is 8.21. The second-order valence-corrected chi connectivity index (χ2v) is 15.3. The Hall–Kier alpha value is -8.41. The van der Waals surface area contributed by atoms with Crippen molar-refractivity contribution in [3.8, 4) is 90.2 Å². The minimum atomic E-state index is 0.589. The van der Waals surface area contributed by atoms with Crippen LogP contribution >= 0.6 is 0 Å². The monoisotopic (exact) mass is 791 g/mol. The van der Waals surface area contributed by atoms with Crippen molar-refractivity contribution in [3.05, 3.63) is 224 Å². The quantitative estimate of drug-likeness (QED) is 0.143. The van der Waals surface area contributed by atoms with Gasteiger partial charge in [-0.3, -0.25) is 0 Å². The third-order valence-corrected chi connectivity index (χ3v) is 11.3. The lowest BCUT2D eigenvalue weighted by Gasteiger charge is -2.15. The predicted octanol–water partition coefficient (Wildman–Crippen LogP) is 14.3. The molecule has 0 radical (unpaired) electrons. The molecule has 0 N–H and O–H groups in total. The van der Waals surface area contributed by atoms with Crippen LogP contribution in [0.5, 0.6) is 0 Å². The lowest BCUT2D eigenvalue weighted by molar-refractivity contribution is 1.17. The number of nitrogens with zero attached hydrogens (tertiary/aromatic N) is 5. The van der Waals surface area contributed by atoms with E-state index in [4.69, 9.17) is 24.9 Å². The molecule has 62 heavy (non-hydrogen) atoms. The largest absolute Gasteiger partial charge is 0.248 e. The Bertz CT molecular complexity index is 3110. The van der Waals surface area contributed by atoms with Gasteiger partial charge in [-0.25, -0.2) is 24.9 Å². The molecule has 0 fully saturated rings. The van der Waals surface area contributed by atoms with Crippen LogP contribution in [0, 0.1) is 0 Å². The Morgan fingerprint density at radius 2 is 0.613 bits per heavy atom. The third kappa shape index (κ3) is 7.18. The minimum absolute atomic E-state index is 0.589. The summed E-state index contributed by atoms with van der Waals surface area (Å²) < 4.78 is 0. The Morgan fingerprint density at radius 1 is 0.242 bits per heavy atom. The molecule has 3 heterocycles. The summed E-state index contributed by atoms with van der Waals surface area (Å²) >= 11 is 0. The fraction of sp³-hybridized carbons (Fsp3) is 0. The normalized spacial score (nSPS) is 11.2. The smallest absolute Gasteiger partial charge is 0.160 e. The predicted molar refractivity (Wildman–Crippen MR) is 254 cm³/mol. The van der Waals surface area contributed by atoms with Crippen LogP contribution in [0.4, 0.5) is 0 Å². The van der Waals surface area contributed by atoms with Crippen LogP contribution in [0.15, 0.2) is 224 Å². The highest BCUT2D eigenvalue weighted by molar-refractivity contribution is 6.13. The van der Waals surface area contributed by atoms with Crippen LogP contribution in [0.3, 0.4) is 0 Å². The molecule has 3 aromatic heterocycles. The first-order chi connectivity index (χ1) is 30.7. The van der Waals surface area contributed by atoms with E-state index < -0.39 is 0 Å². The molecule has 0 unspecified atom stereocenters. The van der Waals surface area contributed by atoms with Gasteiger partial charge in [0.15, 0.2) is 11.6 Å². The number of aromatic nitrogens is 5. The second-order valence-electron chi connectivity index (χ2n) is 15.3. The SMILES string of the molecule is c1ccc(-c2cc(-c3ccccc3)nc(-c3cc(-c4cc(-c5ccccc5)c5c(ccc6ccccc65)n4)cc(-c4nc(-c5ccccc5)cc(-c5ccccc5)n4)c3)n2)cc1. The van der Waals surface area contributed by atoms with Gasteiger partial charge in [-0.15, -0.1) is 0 Å². The molecule has 0 atom stereocenters. The summed E-state index contributed by atoms with van der Waals surface area (Å²) in [5.41, 5.74) is 13.8. The van der Waals surface area contributed by atoms with Crippen molar-refractivity contribution >= 4 is 21.7 Å². The molecular weight excluding hydrogens is 755 g/mol. The fourth-order valence-corrected chi connectivity index (χ4v) is 8.21. The molecule has 0 bridgehead atoms. The van der Waals surface area contributed by atoms with Crippen molar-refractivity contribution in [2.75, 3.05) is 0 Å². The molecule has 0 amide bonds. The van der Waals surface area contributed by atoms with E-state index in [1.807, 2.05) is 72.8 Å². The molecular formula is C57H37N5. The maximum Gasteiger partial charge on any atom is 0.160 e. The summed E-state index contributed by atoms with van der Waals surface area (Å²) in [7, 11) is 0. The first-order valence-corrected chi connectivity index (χ1v) is 20.7. The van der Waals surface area contributed by atoms with E-state index in [1.165, 1.54) is 5.39 Å². The van der Waals surface area contributed by atoms with Crippen LogP contribution in [0.25, 0.3) is 112 Å². The standard InChI is InChI=1S/C57H37N5/c1-6-18-38(19-7-1)48-35-50(58-49-31-30-39-20-16-17-29-47(39)55(48)49)44-32-45(56-59-51(40-21-8-2-9-22-40)36-52(60-56)41-23-10-3-11-24-41)34-46(33-44)57-61-53(42-25-12-4-13-26-42)37-54(62-57)43-27-14-5-15-28-43/h1-37H. The molecule has 11 aromatic rings. The summed E-state index contributed by atoms with van der Waals surface area (Å²) in [6, 6.07) is 77.3. The summed E-state index contributed by atoms with van der Waals surface area (Å²) in [6.07, 6.45) is 0. The number of hydrogen-bond acceptors (Lipinski definition) is 5. The van der Waals surface area contributed by atoms with Crippen molar-refractivity contribution in [3.63, 3.8) is 0 Å². The van der Waals surface area contributed by atoms with Crippen LogP contribution in [-0.4, -0.2) is 24.9 Å². The van der Waals surface area contributed by atoms with Crippen LogP contribution in [-0.2, 0) is 0 Å². The average molecular weight is 792 g/mol. The van der Waals surface area contributed by atoms with E-state index in [1.54, 1.807) is 0 Å². The summed E-state index contributed by atoms with van der Waals surface area (Å²) in [5, 5.41) is 3.45. The number of fused-ring (bicyclic) bond motifs is 3. The number of hydrogen-bond donors (Lipinski definition) is 0. The zero-order valence-corrected chi connectivity index (χ0v) is 33.6. The van der Waals surface area contributed by atoms with Crippen molar-refractivity contribution in [2.24, 2.45) is 0 Å². The molecule has 5 heteroatoms. The average Bonchev–Trinajstić information content (AvgIpc) is 3.37. The van der Waals surface area contributed by atoms with Gasteiger partial charge >= 0.3 is 0 Å². The van der Waals surface area contributed by atoms with Gasteiger partial charge in [0, 0.05) is 44.3 Å². The van der Waals surface area contributed by atoms with E-state index in [0.29, 0.717) is 11.6 Å². The molecule has 0 aliphatic heterocycles. The molecule has 11 rings (SSSR count). The van der Waals surface area contributed by atoms with Crippen LogP contribution in [0.2, 0.25) is 0 Å². The van der Waals surface area contributed by atoms with Gasteiger partial charge in [0.1, 0.15) is 0 Å². The summed E-state index contributed by atoms with van der Waals surface area (Å²) in [6.45, 7) is 0. The van der Waals surface area contributed by atoms with E-state index >= 15 is 0 Å². The van der Waals surface area contributed by atoms with E-state index in [-0.39, 0.29) is 0 Å². The maximum absolute atomic E-state index is 5.43. The van der Waals surface area contributed by atoms with Gasteiger partial charge in [-0.1, -0.05) is 182 Å². The van der Waals surface area contributed by atoms with E-state index in [2.05, 4.69) is 152 Å². The maximum atomic E-state index is 5.43. The Kier molecular flexibility index (Phi) is 9.45. The summed E-state index contributed by atoms with van der Waals surface area (Å²) in [5.74, 6) is 1.18.